The topological polar surface area (TPSA) is 87.9 Å². The molecule has 3 amide bonds. The molecule has 0 saturated carbocycles. The molecule has 7 heteroatoms. The number of nitrogens with one attached hydrogen (secondary N) is 1. The zero-order chi connectivity index (χ0) is 16.4. The van der Waals surface area contributed by atoms with Crippen molar-refractivity contribution in [1.82, 2.24) is 4.90 Å². The largest absolute Gasteiger partial charge is 0.374 e. The number of primary amides is 1. The Morgan fingerprint density at radius 1 is 1.35 bits per heavy atom. The summed E-state index contributed by atoms with van der Waals surface area (Å²) in [6, 6.07) is 5.73. The van der Waals surface area contributed by atoms with Crippen LogP contribution in [0.5, 0.6) is 0 Å². The Bertz CT molecular complexity index is 619. The number of ether oxygens (including phenoxy) is 1. The lowest BCUT2D eigenvalue weighted by atomic mass is 10.0. The number of hydrogen-bond acceptors (Lipinski definition) is 4. The number of rotatable bonds is 2. The maximum atomic E-state index is 12.4. The Kier molecular flexibility index (Phi) is 4.38. The SMILES string of the molecule is CN1CCCc2cc(NC(=O)N3CCOC(C(N)=O)C3)ccc21. The quantitative estimate of drug-likeness (QED) is 0.844. The van der Waals surface area contributed by atoms with Crippen molar-refractivity contribution in [2.75, 3.05) is 43.5 Å². The minimum atomic E-state index is -0.730. The Hall–Kier alpha value is -2.28. The highest BCUT2D eigenvalue weighted by Crippen LogP contribution is 2.28. The highest BCUT2D eigenvalue weighted by molar-refractivity contribution is 5.90. The van der Waals surface area contributed by atoms with Gasteiger partial charge >= 0.3 is 6.03 Å². The van der Waals surface area contributed by atoms with Crippen LogP contribution in [0.2, 0.25) is 0 Å². The van der Waals surface area contributed by atoms with E-state index in [2.05, 4.69) is 17.3 Å². The number of fused-ring (bicyclic) bond motifs is 1. The summed E-state index contributed by atoms with van der Waals surface area (Å²) in [4.78, 5) is 27.4. The molecule has 1 unspecified atom stereocenters. The van der Waals surface area contributed by atoms with E-state index in [4.69, 9.17) is 10.5 Å². The van der Waals surface area contributed by atoms with Crippen molar-refractivity contribution in [3.8, 4) is 0 Å². The van der Waals surface area contributed by atoms with Crippen molar-refractivity contribution in [3.05, 3.63) is 23.8 Å². The fourth-order valence-electron chi connectivity index (χ4n) is 3.07. The second-order valence-corrected chi connectivity index (χ2v) is 6.01. The van der Waals surface area contributed by atoms with Gasteiger partial charge in [0.2, 0.25) is 5.91 Å². The normalized spacial score (nSPS) is 20.8. The van der Waals surface area contributed by atoms with Gasteiger partial charge in [0.1, 0.15) is 0 Å². The number of carbonyl (C=O) groups is 2. The van der Waals surface area contributed by atoms with E-state index in [1.54, 1.807) is 4.90 Å². The Morgan fingerprint density at radius 2 is 2.17 bits per heavy atom. The number of nitrogens with two attached hydrogens (primary N) is 1. The first kappa shape index (κ1) is 15.6. The minimum Gasteiger partial charge on any atom is -0.374 e. The highest BCUT2D eigenvalue weighted by Gasteiger charge is 2.27. The van der Waals surface area contributed by atoms with Crippen LogP contribution >= 0.6 is 0 Å². The average Bonchev–Trinajstić information content (AvgIpc) is 2.55. The smallest absolute Gasteiger partial charge is 0.322 e. The molecular formula is C16H22N4O3. The van der Waals surface area contributed by atoms with Crippen molar-refractivity contribution in [1.29, 1.82) is 0 Å². The fraction of sp³-hybridized carbons (Fsp3) is 0.500. The predicted molar refractivity (Wildman–Crippen MR) is 87.6 cm³/mol. The Labute approximate surface area is 135 Å². The van der Waals surface area contributed by atoms with Gasteiger partial charge < -0.3 is 25.6 Å². The number of anilines is 2. The maximum Gasteiger partial charge on any atom is 0.322 e. The van der Waals surface area contributed by atoms with E-state index in [0.717, 1.165) is 25.1 Å². The molecule has 7 nitrogen and oxygen atoms in total. The van der Waals surface area contributed by atoms with Crippen LogP contribution in [-0.4, -0.2) is 56.2 Å². The molecule has 0 radical (unpaired) electrons. The maximum absolute atomic E-state index is 12.4. The summed E-state index contributed by atoms with van der Waals surface area (Å²) in [6.45, 7) is 2.01. The molecule has 23 heavy (non-hydrogen) atoms. The summed E-state index contributed by atoms with van der Waals surface area (Å²) in [5.41, 5.74) is 8.48. The van der Waals surface area contributed by atoms with Gasteiger partial charge in [-0.05, 0) is 36.6 Å². The first-order chi connectivity index (χ1) is 11.0. The van der Waals surface area contributed by atoms with Crippen LogP contribution in [0.3, 0.4) is 0 Å². The van der Waals surface area contributed by atoms with E-state index in [9.17, 15) is 9.59 Å². The number of nitrogens with zero attached hydrogens (tertiary/aromatic N) is 2. The second kappa shape index (κ2) is 6.45. The molecule has 2 aliphatic heterocycles. The molecule has 0 spiro atoms. The first-order valence-electron chi connectivity index (χ1n) is 7.85. The van der Waals surface area contributed by atoms with E-state index < -0.39 is 12.0 Å². The molecule has 124 valence electrons. The van der Waals surface area contributed by atoms with Crippen molar-refractivity contribution >= 4 is 23.3 Å². The van der Waals surface area contributed by atoms with Gasteiger partial charge in [-0.25, -0.2) is 4.79 Å². The number of aryl methyl sites for hydroxylation is 1. The van der Waals surface area contributed by atoms with Crippen LogP contribution in [0.1, 0.15) is 12.0 Å². The molecule has 0 aromatic heterocycles. The summed E-state index contributed by atoms with van der Waals surface area (Å²) in [6.07, 6.45) is 1.40. The molecule has 1 fully saturated rings. The van der Waals surface area contributed by atoms with E-state index in [-0.39, 0.29) is 12.6 Å². The summed E-state index contributed by atoms with van der Waals surface area (Å²) >= 11 is 0. The van der Waals surface area contributed by atoms with Gasteiger partial charge in [0.15, 0.2) is 6.10 Å². The second-order valence-electron chi connectivity index (χ2n) is 6.01. The van der Waals surface area contributed by atoms with Gasteiger partial charge in [0, 0.05) is 31.5 Å². The lowest BCUT2D eigenvalue weighted by Crippen LogP contribution is -2.51. The van der Waals surface area contributed by atoms with Crippen LogP contribution in [0.25, 0.3) is 0 Å². The number of carbonyl (C=O) groups excluding carboxylic acids is 2. The predicted octanol–water partition coefficient (Wildman–Crippen LogP) is 0.787. The van der Waals surface area contributed by atoms with Gasteiger partial charge in [-0.3, -0.25) is 4.79 Å². The molecule has 0 bridgehead atoms. The van der Waals surface area contributed by atoms with E-state index in [1.165, 1.54) is 11.3 Å². The molecule has 3 N–H and O–H groups in total. The third kappa shape index (κ3) is 3.39. The Balaban J connectivity index is 1.67. The highest BCUT2D eigenvalue weighted by atomic mass is 16.5. The number of hydrogen-bond donors (Lipinski definition) is 2. The molecule has 3 rings (SSSR count). The summed E-state index contributed by atoms with van der Waals surface area (Å²) < 4.78 is 5.25. The van der Waals surface area contributed by atoms with E-state index >= 15 is 0 Å². The lowest BCUT2D eigenvalue weighted by Gasteiger charge is -2.31. The van der Waals surface area contributed by atoms with Crippen molar-refractivity contribution in [2.45, 2.75) is 18.9 Å². The summed E-state index contributed by atoms with van der Waals surface area (Å²) in [5.74, 6) is -0.542. The van der Waals surface area contributed by atoms with Crippen LogP contribution in [-0.2, 0) is 16.0 Å². The van der Waals surface area contributed by atoms with Crippen LogP contribution in [0.15, 0.2) is 18.2 Å². The van der Waals surface area contributed by atoms with E-state index in [0.29, 0.717) is 13.2 Å². The van der Waals surface area contributed by atoms with Gasteiger partial charge in [-0.2, -0.15) is 0 Å². The monoisotopic (exact) mass is 318 g/mol. The van der Waals surface area contributed by atoms with Crippen molar-refractivity contribution < 1.29 is 14.3 Å². The molecule has 1 aromatic carbocycles. The number of benzene rings is 1. The van der Waals surface area contributed by atoms with Crippen molar-refractivity contribution in [3.63, 3.8) is 0 Å². The van der Waals surface area contributed by atoms with E-state index in [1.807, 2.05) is 18.2 Å². The standard InChI is InChI=1S/C16H22N4O3/c1-19-6-2-3-11-9-12(4-5-13(11)19)18-16(22)20-7-8-23-14(10-20)15(17)21/h4-5,9,14H,2-3,6-8,10H2,1H3,(H2,17,21)(H,18,22). The first-order valence-corrected chi connectivity index (χ1v) is 7.85. The molecule has 1 saturated heterocycles. The molecule has 0 aliphatic carbocycles. The van der Waals surface area contributed by atoms with Crippen LogP contribution < -0.4 is 16.0 Å². The summed E-state index contributed by atoms with van der Waals surface area (Å²) in [7, 11) is 2.08. The molecule has 1 atom stereocenters. The third-order valence-electron chi connectivity index (χ3n) is 4.35. The van der Waals surface area contributed by atoms with Crippen LogP contribution in [0.4, 0.5) is 16.2 Å². The number of amides is 3. The van der Waals surface area contributed by atoms with Gasteiger partial charge in [0.05, 0.1) is 13.2 Å². The number of morpholine rings is 1. The zero-order valence-corrected chi connectivity index (χ0v) is 13.2. The van der Waals surface area contributed by atoms with Crippen LogP contribution in [0, 0.1) is 0 Å². The zero-order valence-electron chi connectivity index (χ0n) is 13.2. The molecular weight excluding hydrogens is 296 g/mol. The van der Waals surface area contributed by atoms with Gasteiger partial charge in [-0.1, -0.05) is 0 Å². The average molecular weight is 318 g/mol. The third-order valence-corrected chi connectivity index (χ3v) is 4.35. The minimum absolute atomic E-state index is 0.189. The molecule has 1 aromatic rings. The lowest BCUT2D eigenvalue weighted by molar-refractivity contribution is -0.133. The van der Waals surface area contributed by atoms with Gasteiger partial charge in [0.25, 0.3) is 0 Å². The summed E-state index contributed by atoms with van der Waals surface area (Å²) in [5, 5.41) is 2.90. The van der Waals surface area contributed by atoms with Gasteiger partial charge in [-0.15, -0.1) is 0 Å². The molecule has 2 heterocycles. The fourth-order valence-corrected chi connectivity index (χ4v) is 3.07. The number of urea groups is 1. The Morgan fingerprint density at radius 3 is 2.96 bits per heavy atom. The van der Waals surface area contributed by atoms with Crippen molar-refractivity contribution in [2.24, 2.45) is 5.73 Å². The molecule has 2 aliphatic rings.